The van der Waals surface area contributed by atoms with Crippen molar-refractivity contribution in [2.75, 3.05) is 53.6 Å². The number of hydrazine groups is 1. The van der Waals surface area contributed by atoms with Crippen molar-refractivity contribution in [3.05, 3.63) is 0 Å². The molecule has 0 aromatic rings. The Morgan fingerprint density at radius 3 is 2.55 bits per heavy atom. The Morgan fingerprint density at radius 1 is 1.07 bits per heavy atom. The van der Waals surface area contributed by atoms with Crippen molar-refractivity contribution < 1.29 is 27.5 Å². The normalized spacial score (nSPS) is 41.3. The smallest absolute Gasteiger partial charge is 0.380 e. The van der Waals surface area contributed by atoms with E-state index in [0.29, 0.717) is 51.5 Å². The van der Waals surface area contributed by atoms with Gasteiger partial charge < -0.3 is 14.5 Å². The average Bonchev–Trinajstić information content (AvgIpc) is 3.45. The molecular formula is C29H46F3N5O3. The minimum absolute atomic E-state index is 0.00243. The third-order valence-corrected chi connectivity index (χ3v) is 11.4. The molecule has 11 heteroatoms. The van der Waals surface area contributed by atoms with Gasteiger partial charge in [0.05, 0.1) is 32.0 Å². The SMILES string of the molecule is CN1CCC(=O)C(CC2CC3C(=O)N(C4CCCC(C5(CC6NNCN6C)COC5)C4)CC3C(C(F)(F)F)C2)C1. The summed E-state index contributed by atoms with van der Waals surface area (Å²) in [5.74, 6) is -2.68. The third kappa shape index (κ3) is 5.45. The van der Waals surface area contributed by atoms with Gasteiger partial charge >= 0.3 is 6.18 Å². The Balaban J connectivity index is 1.15. The molecule has 0 radical (unpaired) electrons. The number of piperidine rings is 1. The summed E-state index contributed by atoms with van der Waals surface area (Å²) in [4.78, 5) is 32.6. The molecular weight excluding hydrogens is 523 g/mol. The van der Waals surface area contributed by atoms with E-state index < -0.39 is 23.9 Å². The lowest BCUT2D eigenvalue weighted by Gasteiger charge is -2.52. The van der Waals surface area contributed by atoms with Crippen LogP contribution in [0.4, 0.5) is 13.2 Å². The fourth-order valence-electron chi connectivity index (χ4n) is 9.08. The summed E-state index contributed by atoms with van der Waals surface area (Å²) in [5, 5.41) is 0. The van der Waals surface area contributed by atoms with Gasteiger partial charge in [0.25, 0.3) is 0 Å². The van der Waals surface area contributed by atoms with Gasteiger partial charge in [-0.3, -0.25) is 14.5 Å². The van der Waals surface area contributed by atoms with Crippen molar-refractivity contribution in [1.82, 2.24) is 25.6 Å². The molecule has 4 aliphatic heterocycles. The van der Waals surface area contributed by atoms with Crippen molar-refractivity contribution in [2.24, 2.45) is 40.9 Å². The van der Waals surface area contributed by atoms with Crippen molar-refractivity contribution >= 4 is 11.7 Å². The van der Waals surface area contributed by atoms with Crippen LogP contribution in [-0.4, -0.2) is 98.4 Å². The number of hydrogen-bond acceptors (Lipinski definition) is 7. The molecule has 8 unspecified atom stereocenters. The lowest BCUT2D eigenvalue weighted by atomic mass is 9.64. The number of likely N-dealkylation sites (tertiary alicyclic amines) is 2. The number of amides is 1. The number of nitrogens with one attached hydrogen (secondary N) is 2. The first-order chi connectivity index (χ1) is 19.0. The second kappa shape index (κ2) is 11.1. The summed E-state index contributed by atoms with van der Waals surface area (Å²) in [5.41, 5.74) is 6.61. The highest BCUT2D eigenvalue weighted by Crippen LogP contribution is 2.53. The molecule has 2 saturated carbocycles. The maximum absolute atomic E-state index is 14.4. The van der Waals surface area contributed by atoms with Gasteiger partial charge in [0.2, 0.25) is 5.91 Å². The quantitative estimate of drug-likeness (QED) is 0.510. The van der Waals surface area contributed by atoms with E-state index in [1.807, 2.05) is 11.9 Å². The average molecular weight is 570 g/mol. The van der Waals surface area contributed by atoms with E-state index in [1.165, 1.54) is 0 Å². The molecule has 4 heterocycles. The van der Waals surface area contributed by atoms with Crippen LogP contribution in [0.25, 0.3) is 0 Å². The fraction of sp³-hybridized carbons (Fsp3) is 0.931. The van der Waals surface area contributed by atoms with Gasteiger partial charge in [-0.1, -0.05) is 6.42 Å². The number of halogens is 3. The van der Waals surface area contributed by atoms with Crippen molar-refractivity contribution in [3.8, 4) is 0 Å². The summed E-state index contributed by atoms with van der Waals surface area (Å²) in [6, 6.07) is 0.00243. The molecule has 1 amide bonds. The van der Waals surface area contributed by atoms with Crippen molar-refractivity contribution in [3.63, 3.8) is 0 Å². The standard InChI is InChI=1S/C29H46F3N5O3/c1-35-7-6-25(38)19(13-35)8-18-9-22-23(24(10-18)29(30,31)32)14-37(27(22)39)21-5-3-4-20(11-21)28(15-40-16-28)12-26-34-33-17-36(26)2/h18-24,26,33-34H,3-17H2,1-2H3. The van der Waals surface area contributed by atoms with Crippen LogP contribution in [0, 0.1) is 40.9 Å². The summed E-state index contributed by atoms with van der Waals surface area (Å²) in [7, 11) is 4.05. The number of nitrogens with zero attached hydrogens (tertiary/aromatic N) is 3. The number of ketones is 1. The zero-order chi connectivity index (χ0) is 28.2. The van der Waals surface area contributed by atoms with E-state index >= 15 is 0 Å². The van der Waals surface area contributed by atoms with Gasteiger partial charge in [0.15, 0.2) is 0 Å². The Hall–Kier alpha value is -1.27. The molecule has 2 aliphatic carbocycles. The number of carbonyl (C=O) groups excluding carboxylic acids is 2. The topological polar surface area (TPSA) is 77.2 Å². The lowest BCUT2D eigenvalue weighted by Crippen LogP contribution is -2.56. The molecule has 4 saturated heterocycles. The Labute approximate surface area is 235 Å². The maximum atomic E-state index is 14.4. The second-order valence-electron chi connectivity index (χ2n) is 14.0. The van der Waals surface area contributed by atoms with Crippen LogP contribution in [-0.2, 0) is 14.3 Å². The molecule has 6 rings (SSSR count). The van der Waals surface area contributed by atoms with Crippen LogP contribution in [0.2, 0.25) is 0 Å². The number of fused-ring (bicyclic) bond motifs is 1. The minimum atomic E-state index is -4.33. The molecule has 6 fully saturated rings. The van der Waals surface area contributed by atoms with E-state index in [0.717, 1.165) is 38.8 Å². The second-order valence-corrected chi connectivity index (χ2v) is 14.0. The van der Waals surface area contributed by atoms with Crippen LogP contribution < -0.4 is 10.9 Å². The lowest BCUT2D eigenvalue weighted by molar-refractivity contribution is -0.204. The molecule has 226 valence electrons. The van der Waals surface area contributed by atoms with Crippen LogP contribution in [0.15, 0.2) is 0 Å². The highest BCUT2D eigenvalue weighted by atomic mass is 19.4. The van der Waals surface area contributed by atoms with Crippen LogP contribution in [0.5, 0.6) is 0 Å². The first kappa shape index (κ1) is 28.8. The number of alkyl halides is 3. The molecule has 6 aliphatic rings. The number of ether oxygens (including phenoxy) is 1. The molecule has 40 heavy (non-hydrogen) atoms. The van der Waals surface area contributed by atoms with Gasteiger partial charge in [-0.2, -0.15) is 13.2 Å². The summed E-state index contributed by atoms with van der Waals surface area (Å²) >= 11 is 0. The highest BCUT2D eigenvalue weighted by molar-refractivity contribution is 5.83. The van der Waals surface area contributed by atoms with Crippen LogP contribution in [0.3, 0.4) is 0 Å². The molecule has 0 bridgehead atoms. The first-order valence-electron chi connectivity index (χ1n) is 15.4. The maximum Gasteiger partial charge on any atom is 0.392 e. The van der Waals surface area contributed by atoms with Crippen molar-refractivity contribution in [1.29, 1.82) is 0 Å². The summed E-state index contributed by atoms with van der Waals surface area (Å²) in [6.07, 6.45) is 2.10. The Bertz CT molecular complexity index is 962. The van der Waals surface area contributed by atoms with Crippen molar-refractivity contribution in [2.45, 2.75) is 76.2 Å². The largest absolute Gasteiger partial charge is 0.392 e. The predicted molar refractivity (Wildman–Crippen MR) is 142 cm³/mol. The number of carbonyl (C=O) groups is 2. The molecule has 0 aromatic heterocycles. The zero-order valence-electron chi connectivity index (χ0n) is 23.9. The molecule has 8 nitrogen and oxygen atoms in total. The Morgan fingerprint density at radius 2 is 1.88 bits per heavy atom. The highest BCUT2D eigenvalue weighted by Gasteiger charge is 2.58. The molecule has 8 atom stereocenters. The number of rotatable bonds is 6. The summed E-state index contributed by atoms with van der Waals surface area (Å²) in [6.45, 7) is 3.75. The zero-order valence-corrected chi connectivity index (χ0v) is 23.9. The van der Waals surface area contributed by atoms with E-state index in [9.17, 15) is 22.8 Å². The van der Waals surface area contributed by atoms with Gasteiger partial charge in [0, 0.05) is 49.3 Å². The molecule has 2 N–H and O–H groups in total. The van der Waals surface area contributed by atoms with Crippen LogP contribution in [0.1, 0.15) is 57.8 Å². The Kier molecular flexibility index (Phi) is 8.00. The van der Waals surface area contributed by atoms with E-state index in [4.69, 9.17) is 4.74 Å². The predicted octanol–water partition coefficient (Wildman–Crippen LogP) is 2.85. The monoisotopic (exact) mass is 569 g/mol. The number of Topliss-reactive ketones (excluding diaryl/α,β-unsaturated/α-hetero) is 1. The van der Waals surface area contributed by atoms with Gasteiger partial charge in [0.1, 0.15) is 5.78 Å². The number of hydrogen-bond donors (Lipinski definition) is 2. The van der Waals surface area contributed by atoms with Gasteiger partial charge in [-0.05, 0) is 76.8 Å². The molecule has 0 spiro atoms. The van der Waals surface area contributed by atoms with E-state index in [1.54, 1.807) is 0 Å². The summed E-state index contributed by atoms with van der Waals surface area (Å²) < 4.78 is 49.0. The molecule has 0 aromatic carbocycles. The van der Waals surface area contributed by atoms with Gasteiger partial charge in [-0.25, -0.2) is 10.9 Å². The van der Waals surface area contributed by atoms with E-state index in [-0.39, 0.29) is 54.1 Å². The van der Waals surface area contributed by atoms with E-state index in [2.05, 4.69) is 27.7 Å². The minimum Gasteiger partial charge on any atom is -0.380 e. The van der Waals surface area contributed by atoms with Crippen LogP contribution >= 0.6 is 0 Å². The fourth-order valence-corrected chi connectivity index (χ4v) is 9.08. The van der Waals surface area contributed by atoms with Gasteiger partial charge in [-0.15, -0.1) is 0 Å². The third-order valence-electron chi connectivity index (χ3n) is 11.4. The first-order valence-corrected chi connectivity index (χ1v) is 15.4.